The Labute approximate surface area is 432 Å². The highest BCUT2D eigenvalue weighted by Gasteiger charge is 2.38. The average molecular weight is 1020 g/mol. The van der Waals surface area contributed by atoms with Crippen LogP contribution in [0.4, 0.5) is 28.4 Å². The van der Waals surface area contributed by atoms with Gasteiger partial charge >= 0.3 is 5.97 Å². The summed E-state index contributed by atoms with van der Waals surface area (Å²) in [5.41, 5.74) is 6.97. The number of anilines is 3. The molecule has 2 atom stereocenters. The molecule has 10 rings (SSSR count). The lowest BCUT2D eigenvalue weighted by Crippen LogP contribution is -2.37. The molecule has 0 unspecified atom stereocenters. The van der Waals surface area contributed by atoms with Gasteiger partial charge < -0.3 is 38.2 Å². The highest BCUT2D eigenvalue weighted by molar-refractivity contribution is 6.16. The second-order valence-corrected chi connectivity index (χ2v) is 18.4. The molecule has 19 heteroatoms. The molecule has 5 amide bonds. The van der Waals surface area contributed by atoms with Gasteiger partial charge in [-0.3, -0.25) is 43.8 Å². The maximum Gasteiger partial charge on any atom is 0.333 e. The van der Waals surface area contributed by atoms with Gasteiger partial charge in [0.15, 0.2) is 23.0 Å². The van der Waals surface area contributed by atoms with Crippen molar-refractivity contribution in [2.75, 3.05) is 62.4 Å². The number of carbonyl (C=O) groups excluding carboxylic acids is 6. The topological polar surface area (TPSA) is 205 Å². The Morgan fingerprint density at radius 3 is 1.68 bits per heavy atom. The standard InChI is InChI=1S/C56H54N6O13/c1-69-19-20-72-18-16-51(63)59(17-8-13-54(66)75-62-52(64)14-15-53(62)65)38-22-34(32-73-49-28-43-41(26-47(49)70-2)55(67)60-39(30-57-43)24-36-9-4-6-11-45(36)60)21-35(23-38)33-74-50-29-44-42(27-48(50)71-3)56(68)61-40(31-58-44)25-37-10-5-7-12-46(37)61/h4-7,9-12,21-23,26-31,39-40H,8,13-20,24-25,32-33H2,1-3H3/t39-,40-/m0/s1. The fourth-order valence-corrected chi connectivity index (χ4v) is 9.89. The minimum Gasteiger partial charge on any atom is -0.493 e. The van der Waals surface area contributed by atoms with Gasteiger partial charge in [-0.15, -0.1) is 5.06 Å². The maximum absolute atomic E-state index is 14.2. The third-order valence-corrected chi connectivity index (χ3v) is 13.5. The molecule has 5 aliphatic rings. The number of nitrogens with zero attached hydrogens (tertiary/aromatic N) is 6. The SMILES string of the molecule is COCCOCCC(=O)N(CCCC(=O)ON1C(=O)CCC1=O)c1cc(COc2cc3c(cc2OC)C(=O)N2c4ccccc4C[C@H]2C=N3)cc(COc2cc3c(cc2OC)C(=O)N2c4ccccc4C[C@H]2C=N3)c1. The predicted octanol–water partition coefficient (Wildman–Crippen LogP) is 7.21. The van der Waals surface area contributed by atoms with E-state index in [9.17, 15) is 28.8 Å². The van der Waals surface area contributed by atoms with Crippen molar-refractivity contribution in [2.45, 2.75) is 70.2 Å². The highest BCUT2D eigenvalue weighted by Crippen LogP contribution is 2.43. The molecular formula is C56H54N6O13. The molecule has 0 saturated carbocycles. The van der Waals surface area contributed by atoms with Crippen LogP contribution < -0.4 is 33.6 Å². The molecular weight excluding hydrogens is 965 g/mol. The molecule has 0 N–H and O–H groups in total. The van der Waals surface area contributed by atoms with Crippen LogP contribution in [0, 0.1) is 0 Å². The largest absolute Gasteiger partial charge is 0.493 e. The van der Waals surface area contributed by atoms with Crippen molar-refractivity contribution < 1.29 is 62.0 Å². The van der Waals surface area contributed by atoms with E-state index in [1.54, 1.807) is 65.7 Å². The number of hydroxylamine groups is 2. The minimum atomic E-state index is -0.804. The summed E-state index contributed by atoms with van der Waals surface area (Å²) in [4.78, 5) is 99.5. The average Bonchev–Trinajstić information content (AvgIpc) is 4.05. The molecule has 5 aliphatic heterocycles. The molecule has 5 heterocycles. The third kappa shape index (κ3) is 10.4. The number of fused-ring (bicyclic) bond motifs is 8. The molecule has 1 saturated heterocycles. The first-order valence-corrected chi connectivity index (χ1v) is 24.7. The first-order valence-electron chi connectivity index (χ1n) is 24.7. The number of ether oxygens (including phenoxy) is 6. The van der Waals surface area contributed by atoms with Crippen LogP contribution in [0.15, 0.2) is 101 Å². The zero-order valence-corrected chi connectivity index (χ0v) is 41.7. The Bertz CT molecular complexity index is 2980. The number of hydrogen-bond acceptors (Lipinski definition) is 15. The molecule has 0 bridgehead atoms. The van der Waals surface area contributed by atoms with E-state index in [2.05, 4.69) is 0 Å². The fourth-order valence-electron chi connectivity index (χ4n) is 9.89. The fraction of sp³-hybridized carbons (Fsp3) is 0.321. The van der Waals surface area contributed by atoms with Crippen LogP contribution in [0.5, 0.6) is 23.0 Å². The number of para-hydroxylation sites is 2. The molecule has 5 aromatic rings. The van der Waals surface area contributed by atoms with Crippen LogP contribution in [0.1, 0.15) is 75.1 Å². The lowest BCUT2D eigenvalue weighted by molar-refractivity contribution is -0.197. The highest BCUT2D eigenvalue weighted by atomic mass is 16.7. The summed E-state index contributed by atoms with van der Waals surface area (Å²) in [6.45, 7) is 0.613. The summed E-state index contributed by atoms with van der Waals surface area (Å²) in [6, 6.07) is 27.1. The monoisotopic (exact) mass is 1020 g/mol. The van der Waals surface area contributed by atoms with Crippen molar-refractivity contribution in [3.63, 3.8) is 0 Å². The van der Waals surface area contributed by atoms with Gasteiger partial charge in [0.05, 0.1) is 75.0 Å². The number of benzene rings is 5. The molecule has 386 valence electrons. The predicted molar refractivity (Wildman–Crippen MR) is 275 cm³/mol. The van der Waals surface area contributed by atoms with Crippen LogP contribution in [0.3, 0.4) is 0 Å². The van der Waals surface area contributed by atoms with Gasteiger partial charge in [-0.2, -0.15) is 0 Å². The van der Waals surface area contributed by atoms with Gasteiger partial charge in [-0.05, 0) is 71.1 Å². The summed E-state index contributed by atoms with van der Waals surface area (Å²) in [5, 5.41) is 0.495. The zero-order chi connectivity index (χ0) is 52.2. The summed E-state index contributed by atoms with van der Waals surface area (Å²) in [7, 11) is 4.53. The van der Waals surface area contributed by atoms with Gasteiger partial charge in [0.25, 0.3) is 23.6 Å². The van der Waals surface area contributed by atoms with E-state index in [1.807, 2.05) is 54.6 Å². The van der Waals surface area contributed by atoms with E-state index in [4.69, 9.17) is 43.2 Å². The van der Waals surface area contributed by atoms with Crippen LogP contribution in [0.25, 0.3) is 0 Å². The number of carbonyl (C=O) groups is 6. The molecule has 0 aromatic heterocycles. The lowest BCUT2D eigenvalue weighted by atomic mass is 10.1. The quantitative estimate of drug-likeness (QED) is 0.0559. The van der Waals surface area contributed by atoms with E-state index >= 15 is 0 Å². The molecule has 19 nitrogen and oxygen atoms in total. The molecule has 0 radical (unpaired) electrons. The summed E-state index contributed by atoms with van der Waals surface area (Å²) >= 11 is 0. The first-order chi connectivity index (χ1) is 36.5. The van der Waals surface area contributed by atoms with Gasteiger partial charge in [0.1, 0.15) is 13.2 Å². The van der Waals surface area contributed by atoms with Crippen molar-refractivity contribution >= 4 is 76.4 Å². The second-order valence-electron chi connectivity index (χ2n) is 18.4. The Hall–Kier alpha value is -8.42. The minimum absolute atomic E-state index is 0.0254. The summed E-state index contributed by atoms with van der Waals surface area (Å²) in [5.74, 6) is -1.51. The maximum atomic E-state index is 14.2. The Kier molecular flexibility index (Phi) is 14.7. The van der Waals surface area contributed by atoms with Gasteiger partial charge in [-0.25, -0.2) is 4.79 Å². The smallest absolute Gasteiger partial charge is 0.333 e. The Morgan fingerprint density at radius 1 is 0.627 bits per heavy atom. The lowest BCUT2D eigenvalue weighted by Gasteiger charge is -2.25. The number of hydrogen-bond donors (Lipinski definition) is 0. The number of imide groups is 1. The molecule has 75 heavy (non-hydrogen) atoms. The number of methoxy groups -OCH3 is 3. The molecule has 1 fully saturated rings. The van der Waals surface area contributed by atoms with Crippen molar-refractivity contribution in [1.82, 2.24) is 5.06 Å². The van der Waals surface area contributed by atoms with Gasteiger partial charge in [-0.1, -0.05) is 36.4 Å². The Morgan fingerprint density at radius 2 is 1.16 bits per heavy atom. The number of rotatable bonds is 20. The normalized spacial score (nSPS) is 16.9. The Balaban J connectivity index is 0.947. The van der Waals surface area contributed by atoms with Crippen molar-refractivity contribution in [3.8, 4) is 23.0 Å². The molecule has 5 aromatic carbocycles. The van der Waals surface area contributed by atoms with E-state index in [0.717, 1.165) is 22.5 Å². The van der Waals surface area contributed by atoms with Gasteiger partial charge in [0.2, 0.25) is 5.91 Å². The van der Waals surface area contributed by atoms with Crippen LogP contribution in [0.2, 0.25) is 0 Å². The van der Waals surface area contributed by atoms with Crippen LogP contribution in [-0.2, 0) is 59.5 Å². The van der Waals surface area contributed by atoms with E-state index < -0.39 is 17.8 Å². The zero-order valence-electron chi connectivity index (χ0n) is 41.7. The first kappa shape index (κ1) is 50.1. The molecule has 0 spiro atoms. The second kappa shape index (κ2) is 22.0. The van der Waals surface area contributed by atoms with E-state index in [-0.39, 0.29) is 94.9 Å². The molecule has 0 aliphatic carbocycles. The van der Waals surface area contributed by atoms with E-state index in [0.29, 0.717) is 86.8 Å². The number of aliphatic imine (C=N–C) groups is 2. The third-order valence-electron chi connectivity index (χ3n) is 13.5. The van der Waals surface area contributed by atoms with Gasteiger partial charge in [0, 0.05) is 87.4 Å². The van der Waals surface area contributed by atoms with Crippen LogP contribution >= 0.6 is 0 Å². The number of amides is 5. The van der Waals surface area contributed by atoms with Crippen LogP contribution in [-0.4, -0.2) is 113 Å². The summed E-state index contributed by atoms with van der Waals surface area (Å²) in [6.07, 6.45) is 4.59. The van der Waals surface area contributed by atoms with Crippen molar-refractivity contribution in [1.29, 1.82) is 0 Å². The van der Waals surface area contributed by atoms with Crippen molar-refractivity contribution in [3.05, 3.63) is 124 Å². The summed E-state index contributed by atoms with van der Waals surface area (Å²) < 4.78 is 35.4. The van der Waals surface area contributed by atoms with Crippen molar-refractivity contribution in [2.24, 2.45) is 9.98 Å². The van der Waals surface area contributed by atoms with E-state index in [1.165, 1.54) is 19.1 Å².